The van der Waals surface area contributed by atoms with Crippen molar-refractivity contribution in [2.24, 2.45) is 0 Å². The fourth-order valence-electron chi connectivity index (χ4n) is 3.08. The molecule has 2 saturated heterocycles. The zero-order valence-corrected chi connectivity index (χ0v) is 13.2. The largest absolute Gasteiger partial charge is 0.322 e. The van der Waals surface area contributed by atoms with Gasteiger partial charge in [0.05, 0.1) is 0 Å². The van der Waals surface area contributed by atoms with Crippen molar-refractivity contribution >= 4 is 28.6 Å². The Bertz CT molecular complexity index is 426. The molecule has 1 aliphatic carbocycles. The highest BCUT2D eigenvalue weighted by Gasteiger charge is 2.29. The Balaban J connectivity index is 1.75. The molecule has 1 unspecified atom stereocenters. The minimum Gasteiger partial charge on any atom is -0.321 e. The molecule has 2 fully saturated rings. The summed E-state index contributed by atoms with van der Waals surface area (Å²) in [6.07, 6.45) is 8.63. The molecule has 0 radical (unpaired) electrons. The van der Waals surface area contributed by atoms with Crippen molar-refractivity contribution in [2.75, 3.05) is 19.6 Å². The van der Waals surface area contributed by atoms with Crippen LogP contribution in [0.15, 0.2) is 23.4 Å². The van der Waals surface area contributed by atoms with Crippen molar-refractivity contribution in [1.29, 1.82) is 0 Å². The summed E-state index contributed by atoms with van der Waals surface area (Å²) in [7, 11) is 0. The minimum atomic E-state index is 0.0912. The molecule has 0 aromatic carbocycles. The lowest BCUT2D eigenvalue weighted by Gasteiger charge is -2.33. The fraction of sp³-hybridized carbons (Fsp3) is 0.643. The molecule has 5 heteroatoms. The van der Waals surface area contributed by atoms with Crippen LogP contribution in [0.3, 0.4) is 0 Å². The number of hydrogen-bond donors (Lipinski definition) is 2. The topological polar surface area (TPSA) is 44.4 Å². The van der Waals surface area contributed by atoms with Gasteiger partial charge in [-0.2, -0.15) is 0 Å². The van der Waals surface area contributed by atoms with Gasteiger partial charge in [0.2, 0.25) is 0 Å². The monoisotopic (exact) mass is 373 g/mol. The number of allylic oxidation sites excluding steroid dienone is 3. The van der Waals surface area contributed by atoms with Gasteiger partial charge in [-0.25, -0.2) is 4.79 Å². The molecule has 2 heterocycles. The van der Waals surface area contributed by atoms with Crippen LogP contribution in [0.25, 0.3) is 0 Å². The molecule has 2 aliphatic heterocycles. The van der Waals surface area contributed by atoms with E-state index < -0.39 is 0 Å². The molecule has 2 N–H and O–H groups in total. The second-order valence-corrected chi connectivity index (χ2v) is 7.02. The number of nitrogens with zero attached hydrogens (tertiary/aromatic N) is 1. The van der Waals surface area contributed by atoms with E-state index >= 15 is 0 Å². The average molecular weight is 373 g/mol. The average Bonchev–Trinajstić information content (AvgIpc) is 2.58. The van der Waals surface area contributed by atoms with E-state index in [2.05, 4.69) is 45.4 Å². The van der Waals surface area contributed by atoms with Crippen molar-refractivity contribution in [1.82, 2.24) is 15.5 Å². The Morgan fingerprint density at radius 3 is 2.89 bits per heavy atom. The van der Waals surface area contributed by atoms with Crippen LogP contribution in [0.5, 0.6) is 0 Å². The number of alkyl halides is 1. The predicted octanol–water partition coefficient (Wildman–Crippen LogP) is 2.17. The van der Waals surface area contributed by atoms with Gasteiger partial charge < -0.3 is 15.5 Å². The maximum atomic E-state index is 12.4. The smallest absolute Gasteiger partial charge is 0.321 e. The van der Waals surface area contributed by atoms with Gasteiger partial charge in [0, 0.05) is 22.2 Å². The third kappa shape index (κ3) is 2.97. The van der Waals surface area contributed by atoms with Crippen molar-refractivity contribution in [2.45, 2.75) is 35.6 Å². The highest BCUT2D eigenvalue weighted by Crippen LogP contribution is 2.27. The highest BCUT2D eigenvalue weighted by atomic mass is 127. The molecule has 0 aromatic rings. The maximum Gasteiger partial charge on any atom is 0.322 e. The number of hydrogen-bond acceptors (Lipinski definition) is 2. The molecular formula is C14H20IN3O. The number of carbonyl (C=O) groups is 1. The molecule has 0 saturated carbocycles. The Hall–Kier alpha value is -0.560. The van der Waals surface area contributed by atoms with Crippen LogP contribution in [0.4, 0.5) is 4.79 Å². The van der Waals surface area contributed by atoms with E-state index in [9.17, 15) is 4.79 Å². The first-order chi connectivity index (χ1) is 9.24. The van der Waals surface area contributed by atoms with Gasteiger partial charge in [0.25, 0.3) is 0 Å². The number of amides is 2. The molecular weight excluding hydrogens is 353 g/mol. The predicted molar refractivity (Wildman–Crippen MR) is 84.3 cm³/mol. The van der Waals surface area contributed by atoms with Gasteiger partial charge in [-0.3, -0.25) is 0 Å². The van der Waals surface area contributed by atoms with E-state index in [1.807, 2.05) is 4.90 Å². The van der Waals surface area contributed by atoms with Gasteiger partial charge >= 0.3 is 6.03 Å². The van der Waals surface area contributed by atoms with Crippen molar-refractivity contribution in [3.8, 4) is 0 Å². The normalized spacial score (nSPS) is 29.0. The summed E-state index contributed by atoms with van der Waals surface area (Å²) in [5, 5.41) is 6.46. The van der Waals surface area contributed by atoms with Gasteiger partial charge in [-0.15, -0.1) is 0 Å². The zero-order chi connectivity index (χ0) is 13.2. The summed E-state index contributed by atoms with van der Waals surface area (Å²) in [5.41, 5.74) is 2.37. The number of piperidine rings is 1. The minimum absolute atomic E-state index is 0.0912. The SMILES string of the molecule is O=C1NC2=CCC(I)C=C2CCN1C1CCNCC1. The van der Waals surface area contributed by atoms with Crippen LogP contribution in [0.1, 0.15) is 25.7 Å². The van der Waals surface area contributed by atoms with E-state index in [4.69, 9.17) is 0 Å². The Morgan fingerprint density at radius 2 is 2.11 bits per heavy atom. The van der Waals surface area contributed by atoms with E-state index in [0.717, 1.165) is 51.0 Å². The summed E-state index contributed by atoms with van der Waals surface area (Å²) in [5.74, 6) is 0. The molecule has 0 aromatic heterocycles. The summed E-state index contributed by atoms with van der Waals surface area (Å²) < 4.78 is 0.568. The highest BCUT2D eigenvalue weighted by molar-refractivity contribution is 14.1. The Morgan fingerprint density at radius 1 is 1.32 bits per heavy atom. The Kier molecular flexibility index (Phi) is 4.12. The number of nitrogens with one attached hydrogen (secondary N) is 2. The number of fused-ring (bicyclic) bond motifs is 1. The molecule has 3 rings (SSSR count). The summed E-state index contributed by atoms with van der Waals surface area (Å²) >= 11 is 2.46. The first-order valence-corrected chi connectivity index (χ1v) is 8.32. The molecule has 4 nitrogen and oxygen atoms in total. The lowest BCUT2D eigenvalue weighted by atomic mass is 10.0. The van der Waals surface area contributed by atoms with E-state index in [1.165, 1.54) is 5.57 Å². The van der Waals surface area contributed by atoms with Crippen LogP contribution >= 0.6 is 22.6 Å². The second kappa shape index (κ2) is 5.83. The standard InChI is InChI=1S/C14H20IN3O/c15-11-1-2-13-10(9-11)5-8-18(14(19)17-13)12-3-6-16-7-4-12/h2,9,11-12,16H,1,3-8H2,(H,17,19). The molecule has 0 spiro atoms. The third-order valence-electron chi connectivity index (χ3n) is 4.15. The maximum absolute atomic E-state index is 12.4. The lowest BCUT2D eigenvalue weighted by molar-refractivity contribution is 0.165. The number of carbonyl (C=O) groups excluding carboxylic acids is 1. The van der Waals surface area contributed by atoms with Crippen LogP contribution in [0, 0.1) is 0 Å². The number of urea groups is 1. The van der Waals surface area contributed by atoms with Crippen molar-refractivity contribution < 1.29 is 4.79 Å². The van der Waals surface area contributed by atoms with E-state index in [1.54, 1.807) is 0 Å². The molecule has 0 bridgehead atoms. The molecule has 19 heavy (non-hydrogen) atoms. The quantitative estimate of drug-likeness (QED) is 0.547. The van der Waals surface area contributed by atoms with Crippen LogP contribution in [-0.4, -0.2) is 40.5 Å². The van der Waals surface area contributed by atoms with Gasteiger partial charge in [-0.1, -0.05) is 34.7 Å². The van der Waals surface area contributed by atoms with Crippen LogP contribution < -0.4 is 10.6 Å². The van der Waals surface area contributed by atoms with Gasteiger partial charge in [-0.05, 0) is 44.3 Å². The van der Waals surface area contributed by atoms with Crippen LogP contribution in [-0.2, 0) is 0 Å². The lowest BCUT2D eigenvalue weighted by Crippen LogP contribution is -2.48. The van der Waals surface area contributed by atoms with Crippen molar-refractivity contribution in [3.63, 3.8) is 0 Å². The number of halogens is 1. The molecule has 1 atom stereocenters. The summed E-state index contributed by atoms with van der Waals surface area (Å²) in [6, 6.07) is 0.492. The molecule has 3 aliphatic rings. The molecule has 104 valence electrons. The summed E-state index contributed by atoms with van der Waals surface area (Å²) in [4.78, 5) is 14.4. The fourth-order valence-corrected chi connectivity index (χ4v) is 3.77. The first kappa shape index (κ1) is 13.4. The van der Waals surface area contributed by atoms with E-state index in [-0.39, 0.29) is 6.03 Å². The second-order valence-electron chi connectivity index (χ2n) is 5.42. The summed E-state index contributed by atoms with van der Waals surface area (Å²) in [6.45, 7) is 2.90. The van der Waals surface area contributed by atoms with Gasteiger partial charge in [0.1, 0.15) is 0 Å². The zero-order valence-electron chi connectivity index (χ0n) is 11.0. The van der Waals surface area contributed by atoms with Crippen LogP contribution in [0.2, 0.25) is 0 Å². The number of rotatable bonds is 1. The third-order valence-corrected chi connectivity index (χ3v) is 5.02. The molecule has 2 amide bonds. The van der Waals surface area contributed by atoms with Crippen molar-refractivity contribution in [3.05, 3.63) is 23.4 Å². The van der Waals surface area contributed by atoms with E-state index in [0.29, 0.717) is 9.97 Å². The van der Waals surface area contributed by atoms with Gasteiger partial charge in [0.15, 0.2) is 0 Å². The first-order valence-electron chi connectivity index (χ1n) is 7.07. The Labute approximate surface area is 127 Å².